The zero-order chi connectivity index (χ0) is 9.97. The van der Waals surface area contributed by atoms with E-state index in [0.29, 0.717) is 5.58 Å². The van der Waals surface area contributed by atoms with E-state index in [9.17, 15) is 4.79 Å². The second-order valence-electron chi connectivity index (χ2n) is 2.71. The third-order valence-electron chi connectivity index (χ3n) is 1.74. The zero-order valence-corrected chi connectivity index (χ0v) is 8.50. The minimum atomic E-state index is -0.108. The molecule has 0 bridgehead atoms. The summed E-state index contributed by atoms with van der Waals surface area (Å²) < 4.78 is 5.30. The van der Waals surface area contributed by atoms with Gasteiger partial charge in [-0.25, -0.2) is 4.98 Å². The monoisotopic (exact) mass is 207 g/mol. The summed E-state index contributed by atoms with van der Waals surface area (Å²) in [6, 6.07) is 7.35. The van der Waals surface area contributed by atoms with Gasteiger partial charge >= 0.3 is 0 Å². The molecule has 3 nitrogen and oxygen atoms in total. The van der Waals surface area contributed by atoms with Gasteiger partial charge in [0.1, 0.15) is 5.52 Å². The number of hydrogen-bond donors (Lipinski definition) is 0. The normalized spacial score (nSPS) is 10.6. The molecule has 0 fully saturated rings. The number of fused-ring (bicyclic) bond motifs is 1. The van der Waals surface area contributed by atoms with Gasteiger partial charge in [-0.1, -0.05) is 30.8 Å². The Kier molecular flexibility index (Phi) is 2.54. The van der Waals surface area contributed by atoms with Crippen LogP contribution in [0.1, 0.15) is 17.6 Å². The Morgan fingerprint density at radius 3 is 3.00 bits per heavy atom. The fourth-order valence-corrected chi connectivity index (χ4v) is 1.63. The highest BCUT2D eigenvalue weighted by Crippen LogP contribution is 2.18. The maximum absolute atomic E-state index is 11.4. The lowest BCUT2D eigenvalue weighted by Gasteiger charge is -1.88. The van der Waals surface area contributed by atoms with Gasteiger partial charge < -0.3 is 4.42 Å². The highest BCUT2D eigenvalue weighted by atomic mass is 32.2. The quantitative estimate of drug-likeness (QED) is 0.759. The van der Waals surface area contributed by atoms with E-state index in [-0.39, 0.29) is 11.0 Å². The Balaban J connectivity index is 2.40. The van der Waals surface area contributed by atoms with E-state index in [2.05, 4.69) is 4.98 Å². The standard InChI is InChI=1S/C10H9NO2S/c1-2-14-10(12)9-11-7-5-3-4-6-8(7)13-9/h3-6H,2H2,1H3. The molecule has 0 spiro atoms. The molecule has 0 saturated carbocycles. The van der Waals surface area contributed by atoms with Crippen LogP contribution in [0.4, 0.5) is 0 Å². The first-order chi connectivity index (χ1) is 6.81. The number of para-hydroxylation sites is 2. The summed E-state index contributed by atoms with van der Waals surface area (Å²) in [5.74, 6) is 0.926. The Bertz CT molecular complexity index is 431. The minimum Gasteiger partial charge on any atom is -0.433 e. The van der Waals surface area contributed by atoms with E-state index in [1.807, 2.05) is 25.1 Å². The van der Waals surface area contributed by atoms with Crippen molar-refractivity contribution in [1.82, 2.24) is 4.98 Å². The molecule has 1 aromatic carbocycles. The van der Waals surface area contributed by atoms with E-state index < -0.39 is 0 Å². The fraction of sp³-hybridized carbons (Fsp3) is 0.200. The fourth-order valence-electron chi connectivity index (χ4n) is 1.15. The smallest absolute Gasteiger partial charge is 0.275 e. The van der Waals surface area contributed by atoms with E-state index in [1.165, 1.54) is 11.8 Å². The van der Waals surface area contributed by atoms with Gasteiger partial charge in [-0.15, -0.1) is 0 Å². The molecule has 0 amide bonds. The summed E-state index contributed by atoms with van der Waals surface area (Å²) in [7, 11) is 0. The van der Waals surface area contributed by atoms with Gasteiger partial charge in [0.25, 0.3) is 11.0 Å². The molecule has 0 N–H and O–H groups in total. The number of thioether (sulfide) groups is 1. The van der Waals surface area contributed by atoms with Gasteiger partial charge in [0.15, 0.2) is 5.58 Å². The third-order valence-corrected chi connectivity index (χ3v) is 2.47. The van der Waals surface area contributed by atoms with Crippen molar-refractivity contribution >= 4 is 28.0 Å². The highest BCUT2D eigenvalue weighted by molar-refractivity contribution is 8.14. The van der Waals surface area contributed by atoms with E-state index >= 15 is 0 Å². The first kappa shape index (κ1) is 9.27. The van der Waals surface area contributed by atoms with Crippen LogP contribution in [-0.2, 0) is 0 Å². The molecule has 2 aromatic rings. The van der Waals surface area contributed by atoms with E-state index in [0.717, 1.165) is 11.3 Å². The van der Waals surface area contributed by atoms with Gasteiger partial charge in [-0.2, -0.15) is 0 Å². The number of hydrogen-bond acceptors (Lipinski definition) is 4. The van der Waals surface area contributed by atoms with Crippen LogP contribution in [0.5, 0.6) is 0 Å². The molecule has 4 heteroatoms. The molecule has 14 heavy (non-hydrogen) atoms. The lowest BCUT2D eigenvalue weighted by atomic mass is 10.3. The Hall–Kier alpha value is -1.29. The largest absolute Gasteiger partial charge is 0.433 e. The van der Waals surface area contributed by atoms with E-state index in [1.54, 1.807) is 6.07 Å². The van der Waals surface area contributed by atoms with Crippen LogP contribution in [-0.4, -0.2) is 15.9 Å². The maximum Gasteiger partial charge on any atom is 0.275 e. The molecule has 0 unspecified atom stereocenters. The number of aromatic nitrogens is 1. The lowest BCUT2D eigenvalue weighted by Crippen LogP contribution is -1.92. The first-order valence-electron chi connectivity index (χ1n) is 4.34. The summed E-state index contributed by atoms with van der Waals surface area (Å²) in [5, 5.41) is -0.108. The highest BCUT2D eigenvalue weighted by Gasteiger charge is 2.13. The second-order valence-corrected chi connectivity index (χ2v) is 3.94. The van der Waals surface area contributed by atoms with Crippen molar-refractivity contribution < 1.29 is 9.21 Å². The lowest BCUT2D eigenvalue weighted by molar-refractivity contribution is 0.106. The number of oxazole rings is 1. The van der Waals surface area contributed by atoms with Crippen molar-refractivity contribution in [3.05, 3.63) is 30.2 Å². The zero-order valence-electron chi connectivity index (χ0n) is 7.69. The van der Waals surface area contributed by atoms with E-state index in [4.69, 9.17) is 4.42 Å². The summed E-state index contributed by atoms with van der Waals surface area (Å²) in [4.78, 5) is 15.5. The molecule has 0 aliphatic heterocycles. The molecule has 0 aliphatic carbocycles. The molecule has 2 rings (SSSR count). The summed E-state index contributed by atoms with van der Waals surface area (Å²) in [6.07, 6.45) is 0. The summed E-state index contributed by atoms with van der Waals surface area (Å²) >= 11 is 1.20. The van der Waals surface area contributed by atoms with Gasteiger partial charge in [0, 0.05) is 0 Å². The summed E-state index contributed by atoms with van der Waals surface area (Å²) in [5.41, 5.74) is 1.39. The molecule has 0 atom stereocenters. The molecular weight excluding hydrogens is 198 g/mol. The van der Waals surface area contributed by atoms with Gasteiger partial charge in [-0.05, 0) is 17.9 Å². The SMILES string of the molecule is CCSC(=O)c1nc2ccccc2o1. The molecule has 0 saturated heterocycles. The molecular formula is C10H9NO2S. The van der Waals surface area contributed by atoms with Crippen molar-refractivity contribution in [2.75, 3.05) is 5.75 Å². The van der Waals surface area contributed by atoms with Crippen molar-refractivity contribution in [2.24, 2.45) is 0 Å². The van der Waals surface area contributed by atoms with Crippen LogP contribution in [0.2, 0.25) is 0 Å². The summed E-state index contributed by atoms with van der Waals surface area (Å²) in [6.45, 7) is 1.92. The van der Waals surface area contributed by atoms with Crippen LogP contribution in [0.3, 0.4) is 0 Å². The number of rotatable bonds is 2. The number of carbonyl (C=O) groups excluding carboxylic acids is 1. The topological polar surface area (TPSA) is 43.1 Å². The Labute approximate surface area is 85.5 Å². The van der Waals surface area contributed by atoms with Crippen molar-refractivity contribution in [1.29, 1.82) is 0 Å². The number of benzene rings is 1. The first-order valence-corrected chi connectivity index (χ1v) is 5.32. The van der Waals surface area contributed by atoms with Crippen LogP contribution >= 0.6 is 11.8 Å². The molecule has 1 heterocycles. The van der Waals surface area contributed by atoms with Gasteiger partial charge in [-0.3, -0.25) is 4.79 Å². The minimum absolute atomic E-state index is 0.108. The third kappa shape index (κ3) is 1.65. The molecule has 1 aromatic heterocycles. The second kappa shape index (κ2) is 3.84. The van der Waals surface area contributed by atoms with Gasteiger partial charge in [0.05, 0.1) is 0 Å². The molecule has 0 aliphatic rings. The Morgan fingerprint density at radius 1 is 1.50 bits per heavy atom. The van der Waals surface area contributed by atoms with Crippen LogP contribution in [0.25, 0.3) is 11.1 Å². The van der Waals surface area contributed by atoms with Crippen LogP contribution in [0.15, 0.2) is 28.7 Å². The maximum atomic E-state index is 11.4. The predicted octanol–water partition coefficient (Wildman–Crippen LogP) is 2.72. The molecule has 0 radical (unpaired) electrons. The number of nitrogens with zero attached hydrogens (tertiary/aromatic N) is 1. The predicted molar refractivity (Wildman–Crippen MR) is 56.5 cm³/mol. The number of carbonyl (C=O) groups is 1. The van der Waals surface area contributed by atoms with Crippen molar-refractivity contribution in [3.63, 3.8) is 0 Å². The average Bonchev–Trinajstić information content (AvgIpc) is 2.61. The Morgan fingerprint density at radius 2 is 2.29 bits per heavy atom. The van der Waals surface area contributed by atoms with Gasteiger partial charge in [0.2, 0.25) is 0 Å². The van der Waals surface area contributed by atoms with Crippen LogP contribution in [0, 0.1) is 0 Å². The van der Waals surface area contributed by atoms with Crippen molar-refractivity contribution in [3.8, 4) is 0 Å². The van der Waals surface area contributed by atoms with Crippen molar-refractivity contribution in [2.45, 2.75) is 6.92 Å². The molecule has 72 valence electrons. The van der Waals surface area contributed by atoms with Crippen LogP contribution < -0.4 is 0 Å². The average molecular weight is 207 g/mol.